The van der Waals surface area contributed by atoms with Gasteiger partial charge in [-0.3, -0.25) is 4.79 Å². The van der Waals surface area contributed by atoms with Crippen molar-refractivity contribution in [3.63, 3.8) is 0 Å². The number of likely N-dealkylation sites (tertiary alicyclic amines) is 1. The van der Waals surface area contributed by atoms with E-state index in [0.717, 1.165) is 32.2 Å². The van der Waals surface area contributed by atoms with E-state index in [1.165, 1.54) is 6.42 Å². The van der Waals surface area contributed by atoms with E-state index in [4.69, 9.17) is 5.11 Å². The quantitative estimate of drug-likeness (QED) is 0.754. The largest absolute Gasteiger partial charge is 0.481 e. The maximum Gasteiger partial charge on any atom is 0.308 e. The van der Waals surface area contributed by atoms with Crippen molar-refractivity contribution in [1.29, 1.82) is 0 Å². The molecule has 0 aromatic rings. The number of carbonyl (C=O) groups is 1. The van der Waals surface area contributed by atoms with E-state index in [1.54, 1.807) is 0 Å². The number of carboxylic acids is 1. The van der Waals surface area contributed by atoms with Gasteiger partial charge in [0.25, 0.3) is 0 Å². The Labute approximate surface area is 96.4 Å². The van der Waals surface area contributed by atoms with Gasteiger partial charge in [-0.2, -0.15) is 0 Å². The molecule has 1 fully saturated rings. The maximum absolute atomic E-state index is 11.1. The number of hydrogen-bond acceptors (Lipinski definition) is 4. The minimum Gasteiger partial charge on any atom is -0.481 e. The van der Waals surface area contributed by atoms with Crippen LogP contribution in [0.5, 0.6) is 0 Å². The van der Waals surface area contributed by atoms with Crippen molar-refractivity contribution in [1.82, 2.24) is 4.90 Å². The summed E-state index contributed by atoms with van der Waals surface area (Å²) in [4.78, 5) is 13.0. The molecule has 0 amide bonds. The third-order valence-corrected chi connectivity index (χ3v) is 3.79. The molecule has 1 aliphatic rings. The smallest absolute Gasteiger partial charge is 0.308 e. The molecule has 1 N–H and O–H groups in total. The lowest BCUT2D eigenvalue weighted by Crippen LogP contribution is -2.39. The van der Waals surface area contributed by atoms with Gasteiger partial charge in [0.15, 0.2) is 0 Å². The molecule has 0 aliphatic carbocycles. The number of hydrogen-bond donors (Lipinski definition) is 1. The molecule has 0 aromatic heterocycles. The molecule has 0 bridgehead atoms. The first kappa shape index (κ1) is 13.4. The van der Waals surface area contributed by atoms with Crippen LogP contribution in [0.4, 0.5) is 0 Å². The van der Waals surface area contributed by atoms with Crippen LogP contribution in [0.1, 0.15) is 19.3 Å². The fraction of sp³-hybridized carbons (Fsp3) is 0.900. The molecule has 0 saturated carbocycles. The molecule has 1 unspecified atom stereocenters. The van der Waals surface area contributed by atoms with Crippen LogP contribution in [0.2, 0.25) is 0 Å². The topological polar surface area (TPSA) is 74.7 Å². The van der Waals surface area contributed by atoms with Crippen molar-refractivity contribution < 1.29 is 18.3 Å². The molecule has 1 saturated heterocycles. The van der Waals surface area contributed by atoms with Gasteiger partial charge >= 0.3 is 5.97 Å². The number of piperidine rings is 1. The van der Waals surface area contributed by atoms with Crippen LogP contribution < -0.4 is 0 Å². The maximum atomic E-state index is 11.1. The molecule has 0 aromatic carbocycles. The number of rotatable bonds is 5. The van der Waals surface area contributed by atoms with Gasteiger partial charge in [-0.15, -0.1) is 0 Å². The van der Waals surface area contributed by atoms with Crippen LogP contribution >= 0.6 is 0 Å². The normalized spacial score (nSPS) is 20.6. The Morgan fingerprint density at radius 3 is 2.31 bits per heavy atom. The predicted molar refractivity (Wildman–Crippen MR) is 61.1 cm³/mol. The highest BCUT2D eigenvalue weighted by atomic mass is 32.2. The third kappa shape index (κ3) is 4.94. The first-order chi connectivity index (χ1) is 7.38. The van der Waals surface area contributed by atoms with Gasteiger partial charge in [0, 0.05) is 12.8 Å². The highest BCUT2D eigenvalue weighted by Crippen LogP contribution is 2.12. The van der Waals surface area contributed by atoms with E-state index >= 15 is 0 Å². The average molecular weight is 249 g/mol. The minimum absolute atomic E-state index is 0.265. The highest BCUT2D eigenvalue weighted by molar-refractivity contribution is 7.90. The number of carboxylic acid groups (broad SMARTS) is 1. The summed E-state index contributed by atoms with van der Waals surface area (Å²) in [7, 11) is -3.23. The van der Waals surface area contributed by atoms with Gasteiger partial charge in [0.1, 0.15) is 9.84 Å². The minimum atomic E-state index is -3.23. The van der Waals surface area contributed by atoms with E-state index in [2.05, 4.69) is 0 Å². The van der Waals surface area contributed by atoms with Crippen molar-refractivity contribution in [3.05, 3.63) is 0 Å². The van der Waals surface area contributed by atoms with Gasteiger partial charge in [-0.1, -0.05) is 6.42 Å². The molecule has 1 aliphatic heterocycles. The molecule has 1 atom stereocenters. The molecule has 1 rings (SSSR count). The van der Waals surface area contributed by atoms with E-state index in [0.29, 0.717) is 6.54 Å². The van der Waals surface area contributed by atoms with Crippen LogP contribution in [0, 0.1) is 5.92 Å². The lowest BCUT2D eigenvalue weighted by molar-refractivity contribution is -0.141. The standard InChI is InChI=1S/C10H19NO4S/c1-16(14,15)8-9(10(12)13)7-11-5-3-2-4-6-11/h9H,2-8H2,1H3,(H,12,13). The Morgan fingerprint density at radius 2 is 1.88 bits per heavy atom. The van der Waals surface area contributed by atoms with Crippen LogP contribution in [0.3, 0.4) is 0 Å². The van der Waals surface area contributed by atoms with Gasteiger partial charge in [0.2, 0.25) is 0 Å². The SMILES string of the molecule is CS(=O)(=O)CC(CN1CCCCC1)C(=O)O. The lowest BCUT2D eigenvalue weighted by Gasteiger charge is -2.28. The molecule has 0 radical (unpaired) electrons. The molecular weight excluding hydrogens is 230 g/mol. The van der Waals surface area contributed by atoms with Gasteiger partial charge < -0.3 is 10.0 Å². The summed E-state index contributed by atoms with van der Waals surface area (Å²) in [5, 5.41) is 8.98. The third-order valence-electron chi connectivity index (χ3n) is 2.78. The van der Waals surface area contributed by atoms with Crippen molar-refractivity contribution in [3.8, 4) is 0 Å². The first-order valence-electron chi connectivity index (χ1n) is 5.51. The fourth-order valence-corrected chi connectivity index (χ4v) is 3.00. The summed E-state index contributed by atoms with van der Waals surface area (Å²) in [6.07, 6.45) is 4.41. The zero-order valence-corrected chi connectivity index (χ0v) is 10.4. The van der Waals surface area contributed by atoms with Crippen LogP contribution in [0.25, 0.3) is 0 Å². The molecule has 16 heavy (non-hydrogen) atoms. The second-order valence-electron chi connectivity index (χ2n) is 4.49. The Bertz CT molecular complexity index is 333. The summed E-state index contributed by atoms with van der Waals surface area (Å²) in [6.45, 7) is 2.11. The molecule has 6 heteroatoms. The Balaban J connectivity index is 2.53. The van der Waals surface area contributed by atoms with Gasteiger partial charge in [-0.05, 0) is 25.9 Å². The fourth-order valence-electron chi connectivity index (χ4n) is 2.02. The summed E-state index contributed by atoms with van der Waals surface area (Å²) < 4.78 is 22.2. The zero-order chi connectivity index (χ0) is 12.2. The van der Waals surface area contributed by atoms with Crippen molar-refractivity contribution in [2.45, 2.75) is 19.3 Å². The Morgan fingerprint density at radius 1 is 1.31 bits per heavy atom. The molecule has 5 nitrogen and oxygen atoms in total. The van der Waals surface area contributed by atoms with E-state index < -0.39 is 21.7 Å². The monoisotopic (exact) mass is 249 g/mol. The first-order valence-corrected chi connectivity index (χ1v) is 7.57. The highest BCUT2D eigenvalue weighted by Gasteiger charge is 2.25. The number of nitrogens with zero attached hydrogens (tertiary/aromatic N) is 1. The van der Waals surface area contributed by atoms with E-state index in [9.17, 15) is 13.2 Å². The zero-order valence-electron chi connectivity index (χ0n) is 9.55. The molecule has 0 spiro atoms. The van der Waals surface area contributed by atoms with Crippen LogP contribution in [-0.2, 0) is 14.6 Å². The molecule has 1 heterocycles. The number of aliphatic carboxylic acids is 1. The summed E-state index contributed by atoms with van der Waals surface area (Å²) in [6, 6.07) is 0. The lowest BCUT2D eigenvalue weighted by atomic mass is 10.1. The van der Waals surface area contributed by atoms with Crippen LogP contribution in [0.15, 0.2) is 0 Å². The summed E-state index contributed by atoms with van der Waals surface area (Å²) in [5.74, 6) is -2.08. The van der Waals surface area contributed by atoms with E-state index in [-0.39, 0.29) is 5.75 Å². The Kier molecular flexibility index (Phi) is 4.73. The van der Waals surface area contributed by atoms with Gasteiger partial charge in [0.05, 0.1) is 11.7 Å². The predicted octanol–water partition coefficient (Wildman–Crippen LogP) is 0.218. The average Bonchev–Trinajstić information content (AvgIpc) is 2.16. The van der Waals surface area contributed by atoms with Crippen molar-refractivity contribution >= 4 is 15.8 Å². The molecular formula is C10H19NO4S. The Hall–Kier alpha value is -0.620. The molecule has 94 valence electrons. The number of sulfone groups is 1. The summed E-state index contributed by atoms with van der Waals surface area (Å²) in [5.41, 5.74) is 0. The summed E-state index contributed by atoms with van der Waals surface area (Å²) >= 11 is 0. The van der Waals surface area contributed by atoms with Crippen molar-refractivity contribution in [2.24, 2.45) is 5.92 Å². The second-order valence-corrected chi connectivity index (χ2v) is 6.67. The van der Waals surface area contributed by atoms with E-state index in [1.807, 2.05) is 4.90 Å². The van der Waals surface area contributed by atoms with Crippen molar-refractivity contribution in [2.75, 3.05) is 31.6 Å². The van der Waals surface area contributed by atoms with Crippen LogP contribution in [-0.4, -0.2) is 56.0 Å². The van der Waals surface area contributed by atoms with Gasteiger partial charge in [-0.25, -0.2) is 8.42 Å². The second kappa shape index (κ2) is 5.63.